The maximum Gasteiger partial charge on any atom is 0.233 e. The van der Waals surface area contributed by atoms with Gasteiger partial charge >= 0.3 is 0 Å². The summed E-state index contributed by atoms with van der Waals surface area (Å²) >= 11 is 1.29. The van der Waals surface area contributed by atoms with E-state index in [1.807, 2.05) is 11.8 Å². The van der Waals surface area contributed by atoms with Crippen molar-refractivity contribution in [2.24, 2.45) is 7.05 Å². The number of thioether (sulfide) groups is 1. The van der Waals surface area contributed by atoms with Gasteiger partial charge in [0.05, 0.1) is 10.6 Å². The molecule has 3 rings (SSSR count). The fourth-order valence-electron chi connectivity index (χ4n) is 2.78. The summed E-state index contributed by atoms with van der Waals surface area (Å²) in [5.74, 6) is 0.516. The number of aryl methyl sites for hydroxylation is 1. The third-order valence-electron chi connectivity index (χ3n) is 4.41. The maximum absolute atomic E-state index is 12.6. The van der Waals surface area contributed by atoms with Crippen LogP contribution in [0.15, 0.2) is 34.3 Å². The van der Waals surface area contributed by atoms with Crippen LogP contribution in [0.2, 0.25) is 0 Å². The molecule has 0 aliphatic carbocycles. The molecule has 0 unspecified atom stereocenters. The van der Waals surface area contributed by atoms with E-state index in [1.54, 1.807) is 35.9 Å². The first-order chi connectivity index (χ1) is 12.4. The van der Waals surface area contributed by atoms with Gasteiger partial charge in [-0.25, -0.2) is 8.42 Å². The first-order valence-electron chi connectivity index (χ1n) is 8.45. The summed E-state index contributed by atoms with van der Waals surface area (Å²) in [5.41, 5.74) is 1.00. The lowest BCUT2D eigenvalue weighted by Crippen LogP contribution is -2.29. The van der Waals surface area contributed by atoms with E-state index < -0.39 is 9.84 Å². The zero-order valence-corrected chi connectivity index (χ0v) is 16.5. The summed E-state index contributed by atoms with van der Waals surface area (Å²) in [6.07, 6.45) is 2.11. The van der Waals surface area contributed by atoms with E-state index in [4.69, 9.17) is 0 Å². The summed E-state index contributed by atoms with van der Waals surface area (Å²) in [4.78, 5) is 14.3. The predicted octanol–water partition coefficient (Wildman–Crippen LogP) is 1.81. The highest BCUT2D eigenvalue weighted by Gasteiger charge is 2.22. The van der Waals surface area contributed by atoms with E-state index in [0.29, 0.717) is 11.0 Å². The van der Waals surface area contributed by atoms with Crippen molar-refractivity contribution in [1.82, 2.24) is 19.7 Å². The van der Waals surface area contributed by atoms with Crippen molar-refractivity contribution in [2.45, 2.75) is 35.6 Å². The van der Waals surface area contributed by atoms with Crippen molar-refractivity contribution in [1.29, 1.82) is 0 Å². The van der Waals surface area contributed by atoms with Gasteiger partial charge in [-0.2, -0.15) is 0 Å². The summed E-state index contributed by atoms with van der Waals surface area (Å²) in [7, 11) is -1.77. The minimum atomic E-state index is -3.49. The normalized spacial score (nSPS) is 14.8. The van der Waals surface area contributed by atoms with Gasteiger partial charge < -0.3 is 9.47 Å². The molecule has 2 aromatic rings. The second kappa shape index (κ2) is 7.79. The van der Waals surface area contributed by atoms with Crippen LogP contribution in [-0.4, -0.2) is 52.8 Å². The highest BCUT2D eigenvalue weighted by Crippen LogP contribution is 2.21. The van der Waals surface area contributed by atoms with E-state index >= 15 is 0 Å². The van der Waals surface area contributed by atoms with E-state index in [1.165, 1.54) is 11.8 Å². The SMILES string of the molecule is Cc1ccc(S(=O)(=O)Cc2nnc(SCC(=O)N3CCCC3)n2C)cc1. The van der Waals surface area contributed by atoms with E-state index in [9.17, 15) is 13.2 Å². The van der Waals surface area contributed by atoms with Gasteiger partial charge in [-0.3, -0.25) is 4.79 Å². The quantitative estimate of drug-likeness (QED) is 0.695. The number of hydrogen-bond acceptors (Lipinski definition) is 6. The number of likely N-dealkylation sites (tertiary alicyclic amines) is 1. The highest BCUT2D eigenvalue weighted by atomic mass is 32.2. The van der Waals surface area contributed by atoms with Gasteiger partial charge in [0.25, 0.3) is 0 Å². The zero-order chi connectivity index (χ0) is 18.7. The fourth-order valence-corrected chi connectivity index (χ4v) is 4.92. The van der Waals surface area contributed by atoms with E-state index in [0.717, 1.165) is 31.5 Å². The van der Waals surface area contributed by atoms with Gasteiger partial charge in [-0.1, -0.05) is 29.5 Å². The Morgan fingerprint density at radius 1 is 1.15 bits per heavy atom. The van der Waals surface area contributed by atoms with Crippen LogP contribution in [0.4, 0.5) is 0 Å². The molecule has 1 aromatic heterocycles. The van der Waals surface area contributed by atoms with Crippen LogP contribution in [0.3, 0.4) is 0 Å². The molecule has 0 saturated carbocycles. The lowest BCUT2D eigenvalue weighted by Gasteiger charge is -2.14. The number of benzene rings is 1. The lowest BCUT2D eigenvalue weighted by atomic mass is 10.2. The Bertz CT molecular complexity index is 885. The summed E-state index contributed by atoms with van der Waals surface area (Å²) in [5, 5.41) is 8.60. The molecule has 1 aromatic carbocycles. The molecule has 140 valence electrons. The van der Waals surface area contributed by atoms with Crippen molar-refractivity contribution in [3.8, 4) is 0 Å². The van der Waals surface area contributed by atoms with Gasteiger partial charge in [-0.05, 0) is 31.9 Å². The van der Waals surface area contributed by atoms with Crippen LogP contribution in [0, 0.1) is 6.92 Å². The highest BCUT2D eigenvalue weighted by molar-refractivity contribution is 7.99. The molecule has 26 heavy (non-hydrogen) atoms. The summed E-state index contributed by atoms with van der Waals surface area (Å²) in [6.45, 7) is 3.54. The maximum atomic E-state index is 12.6. The monoisotopic (exact) mass is 394 g/mol. The first-order valence-corrected chi connectivity index (χ1v) is 11.1. The van der Waals surface area contributed by atoms with Crippen molar-refractivity contribution in [3.63, 3.8) is 0 Å². The topological polar surface area (TPSA) is 85.2 Å². The molecular formula is C17H22N4O3S2. The summed E-state index contributed by atoms with van der Waals surface area (Å²) < 4.78 is 26.8. The summed E-state index contributed by atoms with van der Waals surface area (Å²) in [6, 6.07) is 6.75. The van der Waals surface area contributed by atoms with Crippen molar-refractivity contribution >= 4 is 27.5 Å². The standard InChI is InChI=1S/C17H22N4O3S2/c1-13-5-7-14(8-6-13)26(23,24)12-15-18-19-17(20(15)2)25-11-16(22)21-9-3-4-10-21/h5-8H,3-4,9-12H2,1-2H3. The van der Waals surface area contributed by atoms with E-state index in [-0.39, 0.29) is 22.3 Å². The number of aromatic nitrogens is 3. The molecule has 7 nitrogen and oxygen atoms in total. The van der Waals surface area contributed by atoms with Crippen molar-refractivity contribution in [2.75, 3.05) is 18.8 Å². The van der Waals surface area contributed by atoms with Crippen LogP contribution < -0.4 is 0 Å². The van der Waals surface area contributed by atoms with Crippen molar-refractivity contribution < 1.29 is 13.2 Å². The Morgan fingerprint density at radius 2 is 1.81 bits per heavy atom. The Labute approximate surface area is 157 Å². The van der Waals surface area contributed by atoms with Crippen LogP contribution in [0.1, 0.15) is 24.2 Å². The zero-order valence-electron chi connectivity index (χ0n) is 14.9. The number of nitrogens with zero attached hydrogens (tertiary/aromatic N) is 4. The third kappa shape index (κ3) is 4.27. The van der Waals surface area contributed by atoms with Crippen LogP contribution in [0.25, 0.3) is 0 Å². The molecule has 2 heterocycles. The molecule has 9 heteroatoms. The first kappa shape index (κ1) is 18.9. The molecule has 0 spiro atoms. The minimum Gasteiger partial charge on any atom is -0.342 e. The van der Waals surface area contributed by atoms with Gasteiger partial charge in [0, 0.05) is 20.1 Å². The molecular weight excluding hydrogens is 372 g/mol. The second-order valence-corrected chi connectivity index (χ2v) is 9.34. The minimum absolute atomic E-state index is 0.0873. The van der Waals surface area contributed by atoms with Crippen LogP contribution in [-0.2, 0) is 27.4 Å². The smallest absolute Gasteiger partial charge is 0.233 e. The van der Waals surface area contributed by atoms with Gasteiger partial charge in [0.1, 0.15) is 11.6 Å². The lowest BCUT2D eigenvalue weighted by molar-refractivity contribution is -0.127. The van der Waals surface area contributed by atoms with Crippen molar-refractivity contribution in [3.05, 3.63) is 35.7 Å². The average molecular weight is 395 g/mol. The molecule has 0 bridgehead atoms. The fraction of sp³-hybridized carbons (Fsp3) is 0.471. The van der Waals surface area contributed by atoms with Crippen LogP contribution >= 0.6 is 11.8 Å². The predicted molar refractivity (Wildman–Crippen MR) is 99.6 cm³/mol. The Morgan fingerprint density at radius 3 is 2.46 bits per heavy atom. The molecule has 0 N–H and O–H groups in total. The molecule has 0 atom stereocenters. The van der Waals surface area contributed by atoms with Gasteiger partial charge in [0.2, 0.25) is 5.91 Å². The number of rotatable bonds is 6. The second-order valence-electron chi connectivity index (χ2n) is 6.41. The Balaban J connectivity index is 1.66. The number of carbonyl (C=O) groups excluding carboxylic acids is 1. The Kier molecular flexibility index (Phi) is 5.67. The number of sulfone groups is 1. The number of carbonyl (C=O) groups is 1. The Hall–Kier alpha value is -1.87. The van der Waals surface area contributed by atoms with Gasteiger partial charge in [-0.15, -0.1) is 10.2 Å². The third-order valence-corrected chi connectivity index (χ3v) is 7.04. The number of amides is 1. The number of hydrogen-bond donors (Lipinski definition) is 0. The molecule has 1 saturated heterocycles. The molecule has 1 fully saturated rings. The van der Waals surface area contributed by atoms with Crippen LogP contribution in [0.5, 0.6) is 0 Å². The average Bonchev–Trinajstić information content (AvgIpc) is 3.25. The molecule has 1 aliphatic rings. The largest absolute Gasteiger partial charge is 0.342 e. The molecule has 1 amide bonds. The molecule has 1 aliphatic heterocycles. The molecule has 0 radical (unpaired) electrons. The van der Waals surface area contributed by atoms with Gasteiger partial charge in [0.15, 0.2) is 15.0 Å². The van der Waals surface area contributed by atoms with E-state index in [2.05, 4.69) is 10.2 Å².